The Balaban J connectivity index is 2.31. The molecule has 0 radical (unpaired) electrons. The summed E-state index contributed by atoms with van der Waals surface area (Å²) < 4.78 is 65.8. The number of alkyl halides is 3. The highest BCUT2D eigenvalue weighted by Crippen LogP contribution is 2.31. The molecular formula is C12H8F3NO3S. The van der Waals surface area contributed by atoms with Crippen LogP contribution < -0.4 is 4.18 Å². The summed E-state index contributed by atoms with van der Waals surface area (Å²) in [6, 6.07) is 6.25. The fraction of sp³-hybridized carbons (Fsp3) is 0.0833. The van der Waals surface area contributed by atoms with Gasteiger partial charge in [0.25, 0.3) is 0 Å². The number of hydrogen-bond acceptors (Lipinski definition) is 4. The molecule has 0 aliphatic heterocycles. The maximum atomic E-state index is 12.5. The average Bonchev–Trinajstić information content (AvgIpc) is 2.38. The average molecular weight is 303 g/mol. The van der Waals surface area contributed by atoms with Crippen LogP contribution in [0.25, 0.3) is 0 Å². The maximum absolute atomic E-state index is 12.5. The lowest BCUT2D eigenvalue weighted by Gasteiger charge is -2.10. The van der Waals surface area contributed by atoms with E-state index in [1.165, 1.54) is 18.3 Å². The summed E-state index contributed by atoms with van der Waals surface area (Å²) in [6.45, 7) is 0. The van der Waals surface area contributed by atoms with E-state index in [0.29, 0.717) is 6.07 Å². The van der Waals surface area contributed by atoms with Crippen LogP contribution in [0, 0.1) is 0 Å². The quantitative estimate of drug-likeness (QED) is 0.818. The van der Waals surface area contributed by atoms with E-state index in [1.54, 1.807) is 0 Å². The fourth-order valence-electron chi connectivity index (χ4n) is 1.39. The summed E-state index contributed by atoms with van der Waals surface area (Å²) in [5, 5.41) is 0. The second kappa shape index (κ2) is 5.12. The summed E-state index contributed by atoms with van der Waals surface area (Å²) in [4.78, 5) is 3.37. The van der Waals surface area contributed by atoms with Gasteiger partial charge in [0.1, 0.15) is 10.6 Å². The van der Waals surface area contributed by atoms with Gasteiger partial charge in [0, 0.05) is 12.4 Å². The largest absolute Gasteiger partial charge is 0.416 e. The highest BCUT2D eigenvalue weighted by atomic mass is 32.2. The van der Waals surface area contributed by atoms with Crippen LogP contribution in [-0.2, 0) is 16.3 Å². The number of nitrogens with zero attached hydrogens (tertiary/aromatic N) is 1. The third-order valence-electron chi connectivity index (χ3n) is 2.29. The molecule has 0 bridgehead atoms. The molecule has 106 valence electrons. The van der Waals surface area contributed by atoms with Gasteiger partial charge in [-0.05, 0) is 30.3 Å². The summed E-state index contributed by atoms with van der Waals surface area (Å²) in [5.74, 6) is -0.413. The van der Waals surface area contributed by atoms with E-state index in [1.807, 2.05) is 0 Å². The number of aromatic nitrogens is 1. The molecule has 4 nitrogen and oxygen atoms in total. The van der Waals surface area contributed by atoms with E-state index in [-0.39, 0.29) is 4.90 Å². The smallest absolute Gasteiger partial charge is 0.379 e. The molecular weight excluding hydrogens is 295 g/mol. The van der Waals surface area contributed by atoms with Crippen molar-refractivity contribution in [1.82, 2.24) is 4.98 Å². The number of benzene rings is 1. The van der Waals surface area contributed by atoms with Crippen molar-refractivity contribution in [2.45, 2.75) is 11.1 Å². The fourth-order valence-corrected chi connectivity index (χ4v) is 2.28. The van der Waals surface area contributed by atoms with Gasteiger partial charge in [0.05, 0.1) is 5.56 Å². The second-order valence-electron chi connectivity index (χ2n) is 3.75. The van der Waals surface area contributed by atoms with Crippen LogP contribution in [0.5, 0.6) is 5.75 Å². The van der Waals surface area contributed by atoms with E-state index in [2.05, 4.69) is 9.17 Å². The van der Waals surface area contributed by atoms with E-state index >= 15 is 0 Å². The normalized spacial score (nSPS) is 12.2. The van der Waals surface area contributed by atoms with Crippen LogP contribution in [-0.4, -0.2) is 13.4 Å². The number of hydrogen-bond donors (Lipinski definition) is 0. The molecule has 20 heavy (non-hydrogen) atoms. The summed E-state index contributed by atoms with van der Waals surface area (Å²) in [5.41, 5.74) is -0.989. The topological polar surface area (TPSA) is 56.3 Å². The van der Waals surface area contributed by atoms with Gasteiger partial charge in [-0.1, -0.05) is 6.07 Å². The minimum atomic E-state index is -4.57. The first-order valence-electron chi connectivity index (χ1n) is 5.31. The van der Waals surface area contributed by atoms with Gasteiger partial charge in [0.2, 0.25) is 0 Å². The Kier molecular flexibility index (Phi) is 3.67. The molecule has 0 saturated heterocycles. The van der Waals surface area contributed by atoms with Crippen molar-refractivity contribution in [3.05, 3.63) is 54.4 Å². The molecule has 0 spiro atoms. The van der Waals surface area contributed by atoms with Crippen molar-refractivity contribution in [2.24, 2.45) is 0 Å². The summed E-state index contributed by atoms with van der Waals surface area (Å²) in [7, 11) is -4.21. The van der Waals surface area contributed by atoms with Gasteiger partial charge >= 0.3 is 16.3 Å². The lowest BCUT2D eigenvalue weighted by atomic mass is 10.2. The Bertz CT molecular complexity index is 699. The first kappa shape index (κ1) is 14.3. The Hall–Kier alpha value is -2.09. The third-order valence-corrected chi connectivity index (χ3v) is 3.52. The van der Waals surface area contributed by atoms with Gasteiger partial charge in [-0.15, -0.1) is 0 Å². The SMILES string of the molecule is O=S(=O)(Oc1cccc(C(F)(F)F)c1)c1cccnc1. The molecule has 8 heteroatoms. The predicted octanol–water partition coefficient (Wildman–Crippen LogP) is 2.87. The van der Waals surface area contributed by atoms with Crippen LogP contribution in [0.2, 0.25) is 0 Å². The molecule has 0 atom stereocenters. The summed E-state index contributed by atoms with van der Waals surface area (Å²) >= 11 is 0. The van der Waals surface area contributed by atoms with Gasteiger partial charge in [-0.2, -0.15) is 21.6 Å². The standard InChI is InChI=1S/C12H8F3NO3S/c13-12(14,15)9-3-1-4-10(7-9)19-20(17,18)11-5-2-6-16-8-11/h1-8H. The van der Waals surface area contributed by atoms with Crippen LogP contribution in [0.15, 0.2) is 53.7 Å². The Labute approximate surface area is 113 Å². The van der Waals surface area contributed by atoms with E-state index in [9.17, 15) is 21.6 Å². The Morgan fingerprint density at radius 2 is 1.85 bits per heavy atom. The molecule has 0 amide bonds. The lowest BCUT2D eigenvalue weighted by molar-refractivity contribution is -0.137. The molecule has 0 saturated carbocycles. The molecule has 0 aliphatic rings. The Morgan fingerprint density at radius 1 is 1.10 bits per heavy atom. The zero-order chi connectivity index (χ0) is 14.8. The van der Waals surface area contributed by atoms with Gasteiger partial charge < -0.3 is 4.18 Å². The lowest BCUT2D eigenvalue weighted by Crippen LogP contribution is -2.11. The summed E-state index contributed by atoms with van der Waals surface area (Å²) in [6.07, 6.45) is -2.16. The first-order valence-corrected chi connectivity index (χ1v) is 6.72. The van der Waals surface area contributed by atoms with Gasteiger partial charge in [-0.25, -0.2) is 0 Å². The first-order chi connectivity index (χ1) is 9.29. The van der Waals surface area contributed by atoms with Crippen LogP contribution in [0.4, 0.5) is 13.2 Å². The van der Waals surface area contributed by atoms with Crippen molar-refractivity contribution in [2.75, 3.05) is 0 Å². The van der Waals surface area contributed by atoms with Gasteiger partial charge in [-0.3, -0.25) is 4.98 Å². The van der Waals surface area contributed by atoms with E-state index in [0.717, 1.165) is 24.4 Å². The molecule has 0 aliphatic carbocycles. The molecule has 0 unspecified atom stereocenters. The van der Waals surface area contributed by atoms with Crippen molar-refractivity contribution >= 4 is 10.1 Å². The van der Waals surface area contributed by atoms with Crippen LogP contribution in [0.1, 0.15) is 5.56 Å². The third kappa shape index (κ3) is 3.27. The highest BCUT2D eigenvalue weighted by molar-refractivity contribution is 7.87. The van der Waals surface area contributed by atoms with E-state index < -0.39 is 27.6 Å². The van der Waals surface area contributed by atoms with Crippen LogP contribution in [0.3, 0.4) is 0 Å². The van der Waals surface area contributed by atoms with E-state index in [4.69, 9.17) is 0 Å². The number of rotatable bonds is 3. The zero-order valence-electron chi connectivity index (χ0n) is 9.83. The molecule has 0 fully saturated rings. The minimum Gasteiger partial charge on any atom is -0.379 e. The second-order valence-corrected chi connectivity index (χ2v) is 5.30. The molecule has 1 aromatic carbocycles. The highest BCUT2D eigenvalue weighted by Gasteiger charge is 2.31. The molecule has 0 N–H and O–H groups in total. The van der Waals surface area contributed by atoms with Crippen molar-refractivity contribution in [1.29, 1.82) is 0 Å². The molecule has 2 aromatic rings. The molecule has 1 aromatic heterocycles. The maximum Gasteiger partial charge on any atom is 0.416 e. The number of pyridine rings is 1. The van der Waals surface area contributed by atoms with Crippen LogP contribution >= 0.6 is 0 Å². The monoisotopic (exact) mass is 303 g/mol. The van der Waals surface area contributed by atoms with Crippen molar-refractivity contribution in [3.63, 3.8) is 0 Å². The molecule has 2 rings (SSSR count). The predicted molar refractivity (Wildman–Crippen MR) is 63.5 cm³/mol. The van der Waals surface area contributed by atoms with Gasteiger partial charge in [0.15, 0.2) is 0 Å². The zero-order valence-corrected chi connectivity index (χ0v) is 10.6. The number of halogens is 3. The minimum absolute atomic E-state index is 0.239. The Morgan fingerprint density at radius 3 is 2.45 bits per heavy atom. The van der Waals surface area contributed by atoms with Crippen molar-refractivity contribution in [3.8, 4) is 5.75 Å². The molecule has 1 heterocycles. The van der Waals surface area contributed by atoms with Crippen molar-refractivity contribution < 1.29 is 25.8 Å².